The normalized spacial score (nSPS) is 11.7. The molecule has 1 aromatic carbocycles. The van der Waals surface area contributed by atoms with Gasteiger partial charge in [-0.3, -0.25) is 0 Å². The van der Waals surface area contributed by atoms with E-state index < -0.39 is 12.6 Å². The van der Waals surface area contributed by atoms with E-state index in [1.54, 1.807) is 18.2 Å². The first kappa shape index (κ1) is 10.5. The van der Waals surface area contributed by atoms with Crippen molar-refractivity contribution in [3.63, 3.8) is 0 Å². The van der Waals surface area contributed by atoms with Gasteiger partial charge < -0.3 is 12.9 Å². The highest BCUT2D eigenvalue weighted by atomic mass is 32.2. The average Bonchev–Trinajstić information content (AvgIpc) is 2.00. The van der Waals surface area contributed by atoms with E-state index >= 15 is 0 Å². The summed E-state index contributed by atoms with van der Waals surface area (Å²) in [5.41, 5.74) is 0.225. The van der Waals surface area contributed by atoms with E-state index in [4.69, 9.17) is 0 Å². The Balaban J connectivity index is 2.55. The van der Waals surface area contributed by atoms with E-state index in [9.17, 15) is 12.9 Å². The maximum Gasteiger partial charge on any atom is 0.488 e. The van der Waals surface area contributed by atoms with E-state index in [-0.39, 0.29) is 0 Å². The molecule has 0 fully saturated rings. The Labute approximate surface area is 79.6 Å². The summed E-state index contributed by atoms with van der Waals surface area (Å²) in [6, 6.07) is 7.08. The van der Waals surface area contributed by atoms with Crippen molar-refractivity contribution in [2.75, 3.05) is 5.65 Å². The third-order valence-corrected chi connectivity index (χ3v) is 2.56. The van der Waals surface area contributed by atoms with Gasteiger partial charge in [-0.25, -0.2) is 0 Å². The van der Waals surface area contributed by atoms with E-state index in [0.717, 1.165) is 17.3 Å². The summed E-state index contributed by atoms with van der Waals surface area (Å²) >= 11 is 0.844. The van der Waals surface area contributed by atoms with Gasteiger partial charge in [0.25, 0.3) is 0 Å². The van der Waals surface area contributed by atoms with Gasteiger partial charge in [-0.15, -0.1) is 0 Å². The fourth-order valence-corrected chi connectivity index (χ4v) is 1.72. The third-order valence-electron chi connectivity index (χ3n) is 1.43. The quantitative estimate of drug-likeness (QED) is 0.537. The predicted molar refractivity (Wildman–Crippen MR) is 51.0 cm³/mol. The summed E-state index contributed by atoms with van der Waals surface area (Å²) in [4.78, 5) is 0.680. The molecule has 0 heterocycles. The molecule has 0 nitrogen and oxygen atoms in total. The molecule has 0 aromatic heterocycles. The zero-order valence-corrected chi connectivity index (χ0v) is 7.95. The second-order valence-electron chi connectivity index (χ2n) is 2.84. The molecule has 0 radical (unpaired) electrons. The fourth-order valence-electron chi connectivity index (χ4n) is 0.896. The number of benzene rings is 1. The largest absolute Gasteiger partial charge is 0.488 e. The highest BCUT2D eigenvalue weighted by Gasteiger charge is 2.22. The first-order valence-electron chi connectivity index (χ1n) is 3.88. The van der Waals surface area contributed by atoms with Crippen LogP contribution < -0.4 is 0 Å². The number of hydrogen-bond acceptors (Lipinski definition) is 1. The topological polar surface area (TPSA) is 0 Å². The summed E-state index contributed by atoms with van der Waals surface area (Å²) in [5, 5.41) is 0. The predicted octanol–water partition coefficient (Wildman–Crippen LogP) is 3.47. The molecule has 1 rings (SSSR count). The summed E-state index contributed by atoms with van der Waals surface area (Å²) in [6.07, 6.45) is 0. The fraction of sp³-hybridized carbons (Fsp3) is 0.250. The van der Waals surface area contributed by atoms with Crippen molar-refractivity contribution in [1.29, 1.82) is 0 Å². The van der Waals surface area contributed by atoms with Gasteiger partial charge in [0.1, 0.15) is 0 Å². The minimum Gasteiger partial charge on any atom is -0.448 e. The molecule has 0 aliphatic heterocycles. The van der Waals surface area contributed by atoms with Crippen molar-refractivity contribution in [1.82, 2.24) is 0 Å². The second-order valence-corrected chi connectivity index (χ2v) is 3.93. The minimum atomic E-state index is -4.68. The van der Waals surface area contributed by atoms with Crippen LogP contribution in [-0.4, -0.2) is 12.6 Å². The standard InChI is InChI=1S/C8H9BF3S/c1-7-3-2-4-8(5-7)13-6-9(10,11)12/h2-5H,6H2,1H3/q-1. The van der Waals surface area contributed by atoms with Gasteiger partial charge in [0, 0.05) is 4.90 Å². The molecule has 0 atom stereocenters. The first-order valence-corrected chi connectivity index (χ1v) is 4.86. The Hall–Kier alpha value is -0.575. The van der Waals surface area contributed by atoms with Crippen LogP contribution in [-0.2, 0) is 0 Å². The monoisotopic (exact) mass is 205 g/mol. The molecular formula is C8H9BF3S-. The van der Waals surface area contributed by atoms with Gasteiger partial charge in [-0.05, 0) is 24.7 Å². The molecule has 0 aliphatic rings. The van der Waals surface area contributed by atoms with E-state index in [1.807, 2.05) is 13.0 Å². The highest BCUT2D eigenvalue weighted by molar-refractivity contribution is 8.00. The molecule has 1 aromatic rings. The Morgan fingerprint density at radius 2 is 2.00 bits per heavy atom. The molecule has 0 amide bonds. The van der Waals surface area contributed by atoms with Crippen molar-refractivity contribution in [2.45, 2.75) is 11.8 Å². The van der Waals surface area contributed by atoms with Gasteiger partial charge in [0.05, 0.1) is 0 Å². The van der Waals surface area contributed by atoms with Crippen LogP contribution in [0.3, 0.4) is 0 Å². The van der Waals surface area contributed by atoms with E-state index in [0.29, 0.717) is 4.90 Å². The Bertz CT molecular complexity index is 285. The number of aryl methyl sites for hydroxylation is 1. The van der Waals surface area contributed by atoms with Gasteiger partial charge in [0.2, 0.25) is 0 Å². The smallest absolute Gasteiger partial charge is 0.448 e. The van der Waals surface area contributed by atoms with Crippen LogP contribution in [0.5, 0.6) is 0 Å². The van der Waals surface area contributed by atoms with Crippen molar-refractivity contribution < 1.29 is 12.9 Å². The average molecular weight is 205 g/mol. The molecule has 0 bridgehead atoms. The Morgan fingerprint density at radius 3 is 2.54 bits per heavy atom. The number of rotatable bonds is 3. The highest BCUT2D eigenvalue weighted by Crippen LogP contribution is 2.24. The lowest BCUT2D eigenvalue weighted by atomic mass is 9.98. The molecule has 0 unspecified atom stereocenters. The molecule has 5 heteroatoms. The first-order chi connectivity index (χ1) is 5.97. The van der Waals surface area contributed by atoms with Gasteiger partial charge in [-0.2, -0.15) is 11.8 Å². The summed E-state index contributed by atoms with van der Waals surface area (Å²) in [7, 11) is 0. The van der Waals surface area contributed by atoms with Crippen LogP contribution in [0.2, 0.25) is 0 Å². The lowest BCUT2D eigenvalue weighted by Gasteiger charge is -2.12. The summed E-state index contributed by atoms with van der Waals surface area (Å²) in [6.45, 7) is -2.81. The van der Waals surface area contributed by atoms with Crippen LogP contribution in [0.15, 0.2) is 29.2 Å². The van der Waals surface area contributed by atoms with Crippen molar-refractivity contribution in [3.05, 3.63) is 29.8 Å². The van der Waals surface area contributed by atoms with Gasteiger partial charge >= 0.3 is 6.98 Å². The summed E-state index contributed by atoms with van der Waals surface area (Å²) in [5.74, 6) is 0. The molecular weight excluding hydrogens is 196 g/mol. The lowest BCUT2D eigenvalue weighted by Crippen LogP contribution is -2.18. The van der Waals surface area contributed by atoms with Crippen molar-refractivity contribution >= 4 is 18.7 Å². The Kier molecular flexibility index (Phi) is 3.30. The second kappa shape index (κ2) is 4.09. The SMILES string of the molecule is Cc1cccc(SC[B-](F)(F)F)c1. The van der Waals surface area contributed by atoms with Crippen LogP contribution >= 0.6 is 11.8 Å². The third kappa shape index (κ3) is 4.27. The number of halogens is 3. The van der Waals surface area contributed by atoms with E-state index in [1.165, 1.54) is 0 Å². The Morgan fingerprint density at radius 1 is 1.31 bits per heavy atom. The number of thioether (sulfide) groups is 1. The zero-order chi connectivity index (χ0) is 9.90. The lowest BCUT2D eigenvalue weighted by molar-refractivity contribution is 0.485. The van der Waals surface area contributed by atoms with Crippen LogP contribution in [0.1, 0.15) is 5.56 Å². The molecule has 72 valence electrons. The minimum absolute atomic E-state index is 0.680. The molecule has 0 aliphatic carbocycles. The van der Waals surface area contributed by atoms with Crippen LogP contribution in [0.4, 0.5) is 12.9 Å². The van der Waals surface area contributed by atoms with Crippen molar-refractivity contribution in [3.8, 4) is 0 Å². The molecule has 0 saturated heterocycles. The number of hydrogen-bond donors (Lipinski definition) is 0. The zero-order valence-electron chi connectivity index (χ0n) is 7.14. The molecule has 13 heavy (non-hydrogen) atoms. The van der Waals surface area contributed by atoms with Crippen molar-refractivity contribution in [2.24, 2.45) is 0 Å². The van der Waals surface area contributed by atoms with Crippen LogP contribution in [0, 0.1) is 6.92 Å². The summed E-state index contributed by atoms with van der Waals surface area (Å²) < 4.78 is 35.7. The maximum absolute atomic E-state index is 11.9. The molecule has 0 spiro atoms. The van der Waals surface area contributed by atoms with Gasteiger partial charge in [0.15, 0.2) is 0 Å². The van der Waals surface area contributed by atoms with Crippen LogP contribution in [0.25, 0.3) is 0 Å². The molecule has 0 N–H and O–H groups in total. The molecule has 0 saturated carbocycles. The maximum atomic E-state index is 11.9. The van der Waals surface area contributed by atoms with Gasteiger partial charge in [-0.1, -0.05) is 17.7 Å². The van der Waals surface area contributed by atoms with E-state index in [2.05, 4.69) is 0 Å².